The Morgan fingerprint density at radius 2 is 2.05 bits per heavy atom. The van der Waals surface area contributed by atoms with Crippen LogP contribution in [0.5, 0.6) is 0 Å². The molecule has 0 radical (unpaired) electrons. The quantitative estimate of drug-likeness (QED) is 0.687. The third-order valence-electron chi connectivity index (χ3n) is 3.50. The first-order chi connectivity index (χ1) is 10.4. The van der Waals surface area contributed by atoms with Crippen molar-refractivity contribution in [3.8, 4) is 0 Å². The van der Waals surface area contributed by atoms with Gasteiger partial charge in [0.2, 0.25) is 0 Å². The number of carbonyl (C=O) groups excluding carboxylic acids is 1. The number of rotatable bonds is 8. The fourth-order valence-corrected chi connectivity index (χ4v) is 2.27. The van der Waals surface area contributed by atoms with Crippen LogP contribution < -0.4 is 10.6 Å². The van der Waals surface area contributed by atoms with Gasteiger partial charge in [0, 0.05) is 37.4 Å². The maximum atomic E-state index is 11.9. The summed E-state index contributed by atoms with van der Waals surface area (Å²) in [5.74, 6) is 0. The molecule has 6 heteroatoms. The SMILES string of the molecule is COC(CNC(=O)NCC(C)(C)CCO)c1ccccc1Cl. The maximum absolute atomic E-state index is 11.9. The summed E-state index contributed by atoms with van der Waals surface area (Å²) in [6.45, 7) is 4.90. The molecule has 3 N–H and O–H groups in total. The molecule has 0 saturated carbocycles. The molecule has 1 aromatic rings. The van der Waals surface area contributed by atoms with E-state index in [0.717, 1.165) is 5.56 Å². The van der Waals surface area contributed by atoms with Crippen LogP contribution in [0.3, 0.4) is 0 Å². The lowest BCUT2D eigenvalue weighted by Gasteiger charge is -2.24. The smallest absolute Gasteiger partial charge is 0.314 e. The van der Waals surface area contributed by atoms with E-state index in [4.69, 9.17) is 21.4 Å². The molecule has 0 spiro atoms. The van der Waals surface area contributed by atoms with E-state index in [1.165, 1.54) is 0 Å². The molecule has 2 amide bonds. The summed E-state index contributed by atoms with van der Waals surface area (Å²) in [5, 5.41) is 15.2. The molecule has 1 atom stereocenters. The van der Waals surface area contributed by atoms with Crippen LogP contribution in [0, 0.1) is 5.41 Å². The van der Waals surface area contributed by atoms with Gasteiger partial charge in [-0.25, -0.2) is 4.79 Å². The molecule has 5 nitrogen and oxygen atoms in total. The number of aliphatic hydroxyl groups excluding tert-OH is 1. The van der Waals surface area contributed by atoms with E-state index in [2.05, 4.69) is 10.6 Å². The molecule has 0 aliphatic carbocycles. The van der Waals surface area contributed by atoms with Crippen molar-refractivity contribution < 1.29 is 14.6 Å². The van der Waals surface area contributed by atoms with E-state index in [0.29, 0.717) is 24.5 Å². The monoisotopic (exact) mass is 328 g/mol. The summed E-state index contributed by atoms with van der Waals surface area (Å²) < 4.78 is 5.39. The van der Waals surface area contributed by atoms with Gasteiger partial charge in [0.15, 0.2) is 0 Å². The first-order valence-electron chi connectivity index (χ1n) is 7.29. The third kappa shape index (κ3) is 6.22. The summed E-state index contributed by atoms with van der Waals surface area (Å²) in [5.41, 5.74) is 0.697. The molecule has 0 fully saturated rings. The highest BCUT2D eigenvalue weighted by atomic mass is 35.5. The molecule has 0 aromatic heterocycles. The highest BCUT2D eigenvalue weighted by molar-refractivity contribution is 6.31. The van der Waals surface area contributed by atoms with Gasteiger partial charge in [-0.15, -0.1) is 0 Å². The topological polar surface area (TPSA) is 70.6 Å². The molecule has 0 bridgehead atoms. The lowest BCUT2D eigenvalue weighted by atomic mass is 9.90. The van der Waals surface area contributed by atoms with Gasteiger partial charge in [-0.1, -0.05) is 43.6 Å². The minimum Gasteiger partial charge on any atom is -0.396 e. The normalized spacial score (nSPS) is 12.8. The second-order valence-electron chi connectivity index (χ2n) is 5.95. The number of hydrogen-bond acceptors (Lipinski definition) is 3. The van der Waals surface area contributed by atoms with E-state index < -0.39 is 0 Å². The number of methoxy groups -OCH3 is 1. The van der Waals surface area contributed by atoms with Crippen molar-refractivity contribution in [2.75, 3.05) is 26.8 Å². The molecule has 1 rings (SSSR count). The minimum atomic E-state index is -0.301. The van der Waals surface area contributed by atoms with E-state index in [1.54, 1.807) is 13.2 Å². The minimum absolute atomic E-state index is 0.106. The first-order valence-corrected chi connectivity index (χ1v) is 7.67. The number of carbonyl (C=O) groups is 1. The van der Waals surface area contributed by atoms with E-state index in [-0.39, 0.29) is 24.2 Å². The Morgan fingerprint density at radius 3 is 2.64 bits per heavy atom. The van der Waals surface area contributed by atoms with Gasteiger partial charge in [-0.2, -0.15) is 0 Å². The zero-order valence-electron chi connectivity index (χ0n) is 13.4. The van der Waals surface area contributed by atoms with Crippen LogP contribution in [0.1, 0.15) is 31.9 Å². The van der Waals surface area contributed by atoms with Gasteiger partial charge in [0.05, 0.1) is 0 Å². The average molecular weight is 329 g/mol. The average Bonchev–Trinajstić information content (AvgIpc) is 2.47. The first kappa shape index (κ1) is 18.7. The lowest BCUT2D eigenvalue weighted by molar-refractivity contribution is 0.104. The summed E-state index contributed by atoms with van der Waals surface area (Å²) in [6, 6.07) is 7.13. The molecule has 22 heavy (non-hydrogen) atoms. The van der Waals surface area contributed by atoms with E-state index in [9.17, 15) is 4.79 Å². The van der Waals surface area contributed by atoms with Crippen LogP contribution in [0.4, 0.5) is 4.79 Å². The second-order valence-corrected chi connectivity index (χ2v) is 6.35. The van der Waals surface area contributed by atoms with Crippen LogP contribution in [0.2, 0.25) is 5.02 Å². The predicted octanol–water partition coefficient (Wildman–Crippen LogP) is 2.74. The number of hydrogen-bond donors (Lipinski definition) is 3. The van der Waals surface area contributed by atoms with E-state index >= 15 is 0 Å². The molecule has 0 aliphatic rings. The fourth-order valence-electron chi connectivity index (χ4n) is 2.01. The number of nitrogens with one attached hydrogen (secondary N) is 2. The number of halogens is 1. The van der Waals surface area contributed by atoms with Crippen LogP contribution in [-0.2, 0) is 4.74 Å². The molecule has 1 aromatic carbocycles. The van der Waals surface area contributed by atoms with Crippen LogP contribution in [-0.4, -0.2) is 37.9 Å². The molecule has 0 saturated heterocycles. The molecule has 124 valence electrons. The number of ether oxygens (including phenoxy) is 1. The zero-order chi connectivity index (χ0) is 16.6. The van der Waals surface area contributed by atoms with Gasteiger partial charge >= 0.3 is 6.03 Å². The summed E-state index contributed by atoms with van der Waals surface area (Å²) in [4.78, 5) is 11.9. The van der Waals surface area contributed by atoms with Crippen LogP contribution >= 0.6 is 11.6 Å². The van der Waals surface area contributed by atoms with E-state index in [1.807, 2.05) is 32.0 Å². The van der Waals surface area contributed by atoms with Crippen molar-refractivity contribution in [2.45, 2.75) is 26.4 Å². The molecule has 0 heterocycles. The van der Waals surface area contributed by atoms with Crippen molar-refractivity contribution in [3.05, 3.63) is 34.9 Å². The van der Waals surface area contributed by atoms with Gasteiger partial charge in [-0.3, -0.25) is 0 Å². The largest absolute Gasteiger partial charge is 0.396 e. The Balaban J connectivity index is 2.47. The van der Waals surface area contributed by atoms with Crippen LogP contribution in [0.25, 0.3) is 0 Å². The second kappa shape index (κ2) is 8.98. The third-order valence-corrected chi connectivity index (χ3v) is 3.84. The van der Waals surface area contributed by atoms with Crippen molar-refractivity contribution in [2.24, 2.45) is 5.41 Å². The Morgan fingerprint density at radius 1 is 1.36 bits per heavy atom. The Hall–Kier alpha value is -1.30. The Labute approximate surface area is 137 Å². The van der Waals surface area contributed by atoms with Crippen LogP contribution in [0.15, 0.2) is 24.3 Å². The summed E-state index contributed by atoms with van der Waals surface area (Å²) in [6.07, 6.45) is 0.332. The predicted molar refractivity (Wildman–Crippen MR) is 88.1 cm³/mol. The summed E-state index contributed by atoms with van der Waals surface area (Å²) in [7, 11) is 1.58. The van der Waals surface area contributed by atoms with Gasteiger partial charge in [0.1, 0.15) is 6.10 Å². The lowest BCUT2D eigenvalue weighted by Crippen LogP contribution is -2.42. The highest BCUT2D eigenvalue weighted by Gasteiger charge is 2.19. The highest BCUT2D eigenvalue weighted by Crippen LogP contribution is 2.24. The van der Waals surface area contributed by atoms with Crippen molar-refractivity contribution in [1.29, 1.82) is 0 Å². The molecular weight excluding hydrogens is 304 g/mol. The molecule has 0 aliphatic heterocycles. The number of aliphatic hydroxyl groups is 1. The van der Waals surface area contributed by atoms with Gasteiger partial charge in [-0.05, 0) is 17.9 Å². The molecular formula is C16H25ClN2O3. The number of amides is 2. The number of urea groups is 1. The standard InChI is InChI=1S/C16H25ClN2O3/c1-16(2,8-9-20)11-19-15(21)18-10-14(22-3)12-6-4-5-7-13(12)17/h4-7,14,20H,8-11H2,1-3H3,(H2,18,19,21). The van der Waals surface area contributed by atoms with Crippen molar-refractivity contribution in [3.63, 3.8) is 0 Å². The molecule has 1 unspecified atom stereocenters. The Bertz CT molecular complexity index is 480. The van der Waals surface area contributed by atoms with Crippen molar-refractivity contribution >= 4 is 17.6 Å². The zero-order valence-corrected chi connectivity index (χ0v) is 14.1. The number of benzene rings is 1. The van der Waals surface area contributed by atoms with Gasteiger partial charge < -0.3 is 20.5 Å². The summed E-state index contributed by atoms with van der Waals surface area (Å²) >= 11 is 6.14. The van der Waals surface area contributed by atoms with Crippen molar-refractivity contribution in [1.82, 2.24) is 10.6 Å². The fraction of sp³-hybridized carbons (Fsp3) is 0.562. The Kier molecular flexibility index (Phi) is 7.65. The maximum Gasteiger partial charge on any atom is 0.314 e. The van der Waals surface area contributed by atoms with Gasteiger partial charge in [0.25, 0.3) is 0 Å².